The summed E-state index contributed by atoms with van der Waals surface area (Å²) >= 11 is 1.70. The maximum absolute atomic E-state index is 12.2. The number of thioether (sulfide) groups is 1. The van der Waals surface area contributed by atoms with Crippen LogP contribution in [0.3, 0.4) is 0 Å². The predicted octanol–water partition coefficient (Wildman–Crippen LogP) is 2.93. The molecule has 1 aliphatic rings. The number of alkyl halides is 3. The van der Waals surface area contributed by atoms with E-state index in [1.54, 1.807) is 18.7 Å². The smallest absolute Gasteiger partial charge is 0.422 e. The zero-order valence-electron chi connectivity index (χ0n) is 8.89. The van der Waals surface area contributed by atoms with E-state index in [2.05, 4.69) is 6.58 Å². The third kappa shape index (κ3) is 3.43. The molecule has 16 heavy (non-hydrogen) atoms. The fourth-order valence-corrected chi connectivity index (χ4v) is 2.66. The van der Waals surface area contributed by atoms with Gasteiger partial charge in [-0.2, -0.15) is 24.9 Å². The number of rotatable bonds is 2. The van der Waals surface area contributed by atoms with Crippen molar-refractivity contribution in [3.63, 3.8) is 0 Å². The molecule has 6 heteroatoms. The molecule has 0 bridgehead atoms. The summed E-state index contributed by atoms with van der Waals surface area (Å²) in [6.07, 6.45) is -3.56. The van der Waals surface area contributed by atoms with E-state index in [1.807, 2.05) is 0 Å². The van der Waals surface area contributed by atoms with Crippen LogP contribution in [0, 0.1) is 0 Å². The van der Waals surface area contributed by atoms with Gasteiger partial charge in [0.1, 0.15) is 11.2 Å². The standard InChI is InChI=1S/C10H13F3O2S/c1-7(10(11,12)13)8(14)15-9(2)3-5-16-6-4-9/h1,3-6H2,2H3. The molecule has 0 aromatic carbocycles. The van der Waals surface area contributed by atoms with E-state index in [0.29, 0.717) is 12.8 Å². The molecule has 1 rings (SSSR count). The summed E-state index contributed by atoms with van der Waals surface area (Å²) in [5, 5.41) is 0. The molecule has 0 amide bonds. The van der Waals surface area contributed by atoms with Crippen LogP contribution in [0.15, 0.2) is 12.2 Å². The van der Waals surface area contributed by atoms with Gasteiger partial charge in [-0.05, 0) is 31.3 Å². The van der Waals surface area contributed by atoms with Crippen molar-refractivity contribution in [2.45, 2.75) is 31.5 Å². The molecule has 1 fully saturated rings. The monoisotopic (exact) mass is 254 g/mol. The van der Waals surface area contributed by atoms with Gasteiger partial charge in [-0.3, -0.25) is 0 Å². The minimum Gasteiger partial charge on any atom is -0.456 e. The first-order valence-electron chi connectivity index (χ1n) is 4.82. The van der Waals surface area contributed by atoms with Gasteiger partial charge in [0.15, 0.2) is 0 Å². The Bertz CT molecular complexity index is 293. The molecule has 0 spiro atoms. The second-order valence-electron chi connectivity index (χ2n) is 3.93. The van der Waals surface area contributed by atoms with E-state index in [4.69, 9.17) is 4.74 Å². The van der Waals surface area contributed by atoms with Crippen LogP contribution >= 0.6 is 11.8 Å². The second-order valence-corrected chi connectivity index (χ2v) is 5.15. The third-order valence-corrected chi connectivity index (χ3v) is 3.46. The molecule has 0 aromatic rings. The molecule has 0 saturated carbocycles. The number of carbonyl (C=O) groups is 1. The third-order valence-electron chi connectivity index (χ3n) is 2.48. The van der Waals surface area contributed by atoms with Crippen LogP contribution < -0.4 is 0 Å². The number of esters is 1. The molecule has 1 heterocycles. The van der Waals surface area contributed by atoms with Crippen molar-refractivity contribution in [1.29, 1.82) is 0 Å². The zero-order valence-corrected chi connectivity index (χ0v) is 9.71. The summed E-state index contributed by atoms with van der Waals surface area (Å²) in [5.74, 6) is 0.228. The number of carbonyl (C=O) groups excluding carboxylic acids is 1. The number of hydrogen-bond donors (Lipinski definition) is 0. The largest absolute Gasteiger partial charge is 0.456 e. The zero-order chi connectivity index (χ0) is 12.4. The SMILES string of the molecule is C=C(C(=O)OC1(C)CCSCC1)C(F)(F)F. The minimum absolute atomic E-state index is 0.578. The average molecular weight is 254 g/mol. The van der Waals surface area contributed by atoms with E-state index >= 15 is 0 Å². The highest BCUT2D eigenvalue weighted by atomic mass is 32.2. The lowest BCUT2D eigenvalue weighted by atomic mass is 9.99. The maximum Gasteiger partial charge on any atom is 0.422 e. The molecule has 0 unspecified atom stereocenters. The molecule has 2 nitrogen and oxygen atoms in total. The minimum atomic E-state index is -4.71. The summed E-state index contributed by atoms with van der Waals surface area (Å²) in [6.45, 7) is 4.38. The first-order valence-corrected chi connectivity index (χ1v) is 5.97. The fourth-order valence-electron chi connectivity index (χ4n) is 1.31. The highest BCUT2D eigenvalue weighted by molar-refractivity contribution is 7.99. The summed E-state index contributed by atoms with van der Waals surface area (Å²) in [5.41, 5.74) is -2.22. The van der Waals surface area contributed by atoms with Crippen LogP contribution in [-0.2, 0) is 9.53 Å². The van der Waals surface area contributed by atoms with Crippen LogP contribution in [0.25, 0.3) is 0 Å². The molecule has 0 aromatic heterocycles. The van der Waals surface area contributed by atoms with Crippen LogP contribution in [-0.4, -0.2) is 29.3 Å². The van der Waals surface area contributed by atoms with E-state index in [-0.39, 0.29) is 0 Å². The quantitative estimate of drug-likeness (QED) is 0.560. The molecule has 1 saturated heterocycles. The first kappa shape index (κ1) is 13.4. The molecular weight excluding hydrogens is 241 g/mol. The van der Waals surface area contributed by atoms with Crippen LogP contribution in [0.5, 0.6) is 0 Å². The Morgan fingerprint density at radius 3 is 2.31 bits per heavy atom. The van der Waals surface area contributed by atoms with Crippen molar-refractivity contribution < 1.29 is 22.7 Å². The molecule has 1 aliphatic heterocycles. The lowest BCUT2D eigenvalue weighted by Gasteiger charge is -2.33. The molecule has 0 aliphatic carbocycles. The van der Waals surface area contributed by atoms with E-state index in [0.717, 1.165) is 11.5 Å². The Morgan fingerprint density at radius 1 is 1.38 bits per heavy atom. The Labute approximate surface area is 96.2 Å². The first-order chi connectivity index (χ1) is 7.25. The normalized spacial score (nSPS) is 20.2. The molecule has 0 radical (unpaired) electrons. The summed E-state index contributed by atoms with van der Waals surface area (Å²) in [6, 6.07) is 0. The molecule has 0 atom stereocenters. The van der Waals surface area contributed by atoms with Gasteiger partial charge in [0, 0.05) is 0 Å². The van der Waals surface area contributed by atoms with Gasteiger partial charge < -0.3 is 4.74 Å². The van der Waals surface area contributed by atoms with Crippen molar-refractivity contribution in [2.24, 2.45) is 0 Å². The van der Waals surface area contributed by atoms with Crippen molar-refractivity contribution in [2.75, 3.05) is 11.5 Å². The number of halogens is 3. The van der Waals surface area contributed by atoms with Gasteiger partial charge in [-0.1, -0.05) is 6.58 Å². The Balaban J connectivity index is 2.60. The average Bonchev–Trinajstić information content (AvgIpc) is 2.15. The summed E-state index contributed by atoms with van der Waals surface area (Å²) in [7, 11) is 0. The maximum atomic E-state index is 12.2. The summed E-state index contributed by atoms with van der Waals surface area (Å²) in [4.78, 5) is 11.2. The van der Waals surface area contributed by atoms with E-state index in [1.165, 1.54) is 0 Å². The molecule has 0 N–H and O–H groups in total. The molecular formula is C10H13F3O2S. The Morgan fingerprint density at radius 2 is 1.88 bits per heavy atom. The van der Waals surface area contributed by atoms with E-state index < -0.39 is 23.3 Å². The Kier molecular flexibility index (Phi) is 3.93. The van der Waals surface area contributed by atoms with Gasteiger partial charge in [0.05, 0.1) is 0 Å². The van der Waals surface area contributed by atoms with Crippen LogP contribution in [0.1, 0.15) is 19.8 Å². The highest BCUT2D eigenvalue weighted by Gasteiger charge is 2.41. The number of hydrogen-bond acceptors (Lipinski definition) is 3. The van der Waals surface area contributed by atoms with Gasteiger partial charge in [0.2, 0.25) is 0 Å². The Hall–Kier alpha value is -0.650. The topological polar surface area (TPSA) is 26.3 Å². The number of ether oxygens (including phenoxy) is 1. The van der Waals surface area contributed by atoms with Gasteiger partial charge in [0.25, 0.3) is 0 Å². The fraction of sp³-hybridized carbons (Fsp3) is 0.700. The molecule has 92 valence electrons. The van der Waals surface area contributed by atoms with Gasteiger partial charge in [-0.25, -0.2) is 4.79 Å². The van der Waals surface area contributed by atoms with Crippen molar-refractivity contribution in [3.05, 3.63) is 12.2 Å². The predicted molar refractivity (Wildman–Crippen MR) is 56.3 cm³/mol. The van der Waals surface area contributed by atoms with E-state index in [9.17, 15) is 18.0 Å². The van der Waals surface area contributed by atoms with Crippen molar-refractivity contribution >= 4 is 17.7 Å². The van der Waals surface area contributed by atoms with Crippen molar-refractivity contribution in [3.8, 4) is 0 Å². The lowest BCUT2D eigenvalue weighted by molar-refractivity contribution is -0.164. The second kappa shape index (κ2) is 4.69. The van der Waals surface area contributed by atoms with Crippen molar-refractivity contribution in [1.82, 2.24) is 0 Å². The van der Waals surface area contributed by atoms with Gasteiger partial charge in [-0.15, -0.1) is 0 Å². The van der Waals surface area contributed by atoms with Gasteiger partial charge >= 0.3 is 12.1 Å². The summed E-state index contributed by atoms with van der Waals surface area (Å²) < 4.78 is 41.4. The van der Waals surface area contributed by atoms with Crippen LogP contribution in [0.4, 0.5) is 13.2 Å². The highest BCUT2D eigenvalue weighted by Crippen LogP contribution is 2.32. The van der Waals surface area contributed by atoms with Crippen LogP contribution in [0.2, 0.25) is 0 Å². The lowest BCUT2D eigenvalue weighted by Crippen LogP contribution is -2.37.